The lowest BCUT2D eigenvalue weighted by Gasteiger charge is -2.33. The van der Waals surface area contributed by atoms with Crippen LogP contribution in [0.1, 0.15) is 12.5 Å². The first kappa shape index (κ1) is 17.7. The number of likely N-dealkylation sites (N-methyl/N-ethyl adjacent to an activating group) is 1. The Labute approximate surface area is 138 Å². The van der Waals surface area contributed by atoms with Crippen molar-refractivity contribution in [3.63, 3.8) is 0 Å². The van der Waals surface area contributed by atoms with Crippen molar-refractivity contribution >= 4 is 5.91 Å². The minimum absolute atomic E-state index is 0.100. The third-order valence-corrected chi connectivity index (χ3v) is 3.80. The average Bonchev–Trinajstić information content (AvgIpc) is 2.47. The molecule has 0 aromatic heterocycles. The lowest BCUT2D eigenvalue weighted by molar-refractivity contribution is -0.120. The molecule has 1 atom stereocenters. The molecule has 128 valence electrons. The fraction of sp³-hybridized carbons (Fsp3) is 0.588. The second kappa shape index (κ2) is 8.86. The minimum Gasteiger partial charge on any atom is -0.494 e. The molecule has 0 radical (unpaired) electrons. The van der Waals surface area contributed by atoms with Gasteiger partial charge in [0.25, 0.3) is 0 Å². The highest BCUT2D eigenvalue weighted by Gasteiger charge is 2.21. The van der Waals surface area contributed by atoms with Crippen molar-refractivity contribution in [2.45, 2.75) is 19.6 Å². The zero-order chi connectivity index (χ0) is 16.7. The van der Waals surface area contributed by atoms with Gasteiger partial charge in [0.15, 0.2) is 0 Å². The van der Waals surface area contributed by atoms with Gasteiger partial charge in [-0.15, -0.1) is 0 Å². The van der Waals surface area contributed by atoms with E-state index in [0.717, 1.165) is 31.0 Å². The van der Waals surface area contributed by atoms with E-state index in [1.54, 1.807) is 0 Å². The van der Waals surface area contributed by atoms with E-state index in [4.69, 9.17) is 15.2 Å². The number of morpholine rings is 1. The van der Waals surface area contributed by atoms with E-state index in [9.17, 15) is 4.79 Å². The van der Waals surface area contributed by atoms with E-state index < -0.39 is 0 Å². The quantitative estimate of drug-likeness (QED) is 0.763. The molecular weight excluding hydrogens is 294 g/mol. The number of ether oxygens (including phenoxy) is 2. The monoisotopic (exact) mass is 321 g/mol. The molecule has 1 aromatic carbocycles. The number of benzene rings is 1. The fourth-order valence-corrected chi connectivity index (χ4v) is 2.83. The summed E-state index contributed by atoms with van der Waals surface area (Å²) in [5.41, 5.74) is 6.50. The molecule has 2 rings (SSSR count). The van der Waals surface area contributed by atoms with E-state index in [1.165, 1.54) is 0 Å². The predicted octanol–water partition coefficient (Wildman–Crippen LogP) is 0.703. The molecule has 1 amide bonds. The van der Waals surface area contributed by atoms with E-state index in [1.807, 2.05) is 36.1 Å². The number of hydrogen-bond donors (Lipinski definition) is 1. The van der Waals surface area contributed by atoms with Crippen LogP contribution in [0.5, 0.6) is 5.75 Å². The Morgan fingerprint density at radius 3 is 3.04 bits per heavy atom. The highest BCUT2D eigenvalue weighted by molar-refractivity contribution is 5.75. The molecule has 0 bridgehead atoms. The Morgan fingerprint density at radius 2 is 2.35 bits per heavy atom. The summed E-state index contributed by atoms with van der Waals surface area (Å²) in [7, 11) is 2.08. The van der Waals surface area contributed by atoms with Gasteiger partial charge in [0.1, 0.15) is 5.75 Å². The number of carbonyl (C=O) groups excluding carboxylic acids is 1. The molecule has 1 heterocycles. The smallest absolute Gasteiger partial charge is 0.231 e. The van der Waals surface area contributed by atoms with Crippen LogP contribution in [-0.2, 0) is 16.1 Å². The summed E-state index contributed by atoms with van der Waals surface area (Å²) in [4.78, 5) is 15.7. The number of hydrogen-bond acceptors (Lipinski definition) is 5. The van der Waals surface area contributed by atoms with Crippen molar-refractivity contribution in [2.24, 2.45) is 5.73 Å². The Balaban J connectivity index is 1.99. The zero-order valence-corrected chi connectivity index (χ0v) is 14.0. The molecule has 6 nitrogen and oxygen atoms in total. The van der Waals surface area contributed by atoms with Gasteiger partial charge in [-0.2, -0.15) is 0 Å². The molecule has 6 heteroatoms. The maximum absolute atomic E-state index is 11.4. The van der Waals surface area contributed by atoms with Crippen LogP contribution in [0.15, 0.2) is 24.3 Å². The molecule has 1 aliphatic heterocycles. The van der Waals surface area contributed by atoms with Gasteiger partial charge >= 0.3 is 0 Å². The Hall–Kier alpha value is -1.63. The van der Waals surface area contributed by atoms with Crippen molar-refractivity contribution in [3.05, 3.63) is 29.8 Å². The Kier molecular flexibility index (Phi) is 6.83. The van der Waals surface area contributed by atoms with Crippen LogP contribution in [0.25, 0.3) is 0 Å². The molecular formula is C17H27N3O3. The molecule has 2 N–H and O–H groups in total. The summed E-state index contributed by atoms with van der Waals surface area (Å²) in [5.74, 6) is 0.521. The van der Waals surface area contributed by atoms with Gasteiger partial charge in [-0.1, -0.05) is 12.1 Å². The molecule has 23 heavy (non-hydrogen) atoms. The molecule has 0 saturated carbocycles. The van der Waals surface area contributed by atoms with Crippen molar-refractivity contribution in [1.29, 1.82) is 0 Å². The van der Waals surface area contributed by atoms with Crippen LogP contribution >= 0.6 is 0 Å². The summed E-state index contributed by atoms with van der Waals surface area (Å²) in [5, 5.41) is 0. The fourth-order valence-electron chi connectivity index (χ4n) is 2.83. The topological polar surface area (TPSA) is 68.0 Å². The zero-order valence-electron chi connectivity index (χ0n) is 14.0. The van der Waals surface area contributed by atoms with Crippen LogP contribution in [-0.4, -0.2) is 68.3 Å². The van der Waals surface area contributed by atoms with Gasteiger partial charge in [-0.05, 0) is 31.7 Å². The molecule has 1 fully saturated rings. The lowest BCUT2D eigenvalue weighted by atomic mass is 10.2. The molecule has 1 aliphatic rings. The van der Waals surface area contributed by atoms with Gasteiger partial charge < -0.3 is 20.1 Å². The van der Waals surface area contributed by atoms with Gasteiger partial charge in [0.2, 0.25) is 5.91 Å². The lowest BCUT2D eigenvalue weighted by Crippen LogP contribution is -2.47. The standard InChI is InChI=1S/C17H27N3O3/c1-3-22-15-6-4-5-14(9-15)10-20(13-17(18)21)12-16-11-19(2)7-8-23-16/h4-6,9,16H,3,7-8,10-13H2,1-2H3,(H2,18,21)/t16-/m0/s1. The number of rotatable bonds is 8. The molecule has 0 spiro atoms. The maximum Gasteiger partial charge on any atom is 0.231 e. The second-order valence-corrected chi connectivity index (χ2v) is 5.97. The van der Waals surface area contributed by atoms with Crippen LogP contribution < -0.4 is 10.5 Å². The minimum atomic E-state index is -0.324. The predicted molar refractivity (Wildman–Crippen MR) is 89.3 cm³/mol. The second-order valence-electron chi connectivity index (χ2n) is 5.97. The number of amides is 1. The number of nitrogens with zero attached hydrogens (tertiary/aromatic N) is 2. The van der Waals surface area contributed by atoms with E-state index >= 15 is 0 Å². The SMILES string of the molecule is CCOc1cccc(CN(CC(N)=O)C[C@@H]2CN(C)CCO2)c1. The highest BCUT2D eigenvalue weighted by Crippen LogP contribution is 2.16. The largest absolute Gasteiger partial charge is 0.494 e. The first-order valence-electron chi connectivity index (χ1n) is 8.09. The highest BCUT2D eigenvalue weighted by atomic mass is 16.5. The van der Waals surface area contributed by atoms with Gasteiger partial charge in [0, 0.05) is 26.2 Å². The molecule has 0 unspecified atom stereocenters. The van der Waals surface area contributed by atoms with E-state index in [0.29, 0.717) is 19.7 Å². The summed E-state index contributed by atoms with van der Waals surface area (Å²) in [6.45, 7) is 6.70. The third kappa shape index (κ3) is 6.17. The summed E-state index contributed by atoms with van der Waals surface area (Å²) in [6.07, 6.45) is 0.100. The molecule has 0 aliphatic carbocycles. The Morgan fingerprint density at radius 1 is 1.52 bits per heavy atom. The van der Waals surface area contributed by atoms with Gasteiger partial charge in [-0.25, -0.2) is 0 Å². The van der Waals surface area contributed by atoms with E-state index in [-0.39, 0.29) is 18.6 Å². The number of carbonyl (C=O) groups is 1. The average molecular weight is 321 g/mol. The summed E-state index contributed by atoms with van der Waals surface area (Å²) >= 11 is 0. The van der Waals surface area contributed by atoms with Crippen molar-refractivity contribution in [1.82, 2.24) is 9.80 Å². The van der Waals surface area contributed by atoms with Crippen LogP contribution in [0, 0.1) is 0 Å². The van der Waals surface area contributed by atoms with Crippen LogP contribution in [0.3, 0.4) is 0 Å². The molecule has 1 saturated heterocycles. The number of primary amides is 1. The first-order chi connectivity index (χ1) is 11.1. The van der Waals surface area contributed by atoms with Crippen molar-refractivity contribution < 1.29 is 14.3 Å². The number of nitrogens with two attached hydrogens (primary N) is 1. The van der Waals surface area contributed by atoms with Gasteiger partial charge in [0.05, 0.1) is 25.9 Å². The van der Waals surface area contributed by atoms with Gasteiger partial charge in [-0.3, -0.25) is 9.69 Å². The third-order valence-electron chi connectivity index (χ3n) is 3.80. The molecule has 1 aromatic rings. The van der Waals surface area contributed by atoms with Crippen molar-refractivity contribution in [3.8, 4) is 5.75 Å². The first-order valence-corrected chi connectivity index (χ1v) is 8.09. The Bertz CT molecular complexity index is 510. The summed E-state index contributed by atoms with van der Waals surface area (Å²) < 4.78 is 11.3. The van der Waals surface area contributed by atoms with Crippen LogP contribution in [0.4, 0.5) is 0 Å². The summed E-state index contributed by atoms with van der Waals surface area (Å²) in [6, 6.07) is 7.94. The maximum atomic E-state index is 11.4. The van der Waals surface area contributed by atoms with Crippen molar-refractivity contribution in [2.75, 3.05) is 46.4 Å². The van der Waals surface area contributed by atoms with Crippen LogP contribution in [0.2, 0.25) is 0 Å². The normalized spacial score (nSPS) is 19.0. The van der Waals surface area contributed by atoms with E-state index in [2.05, 4.69) is 11.9 Å².